The van der Waals surface area contributed by atoms with E-state index < -0.39 is 25.1 Å². The lowest BCUT2D eigenvalue weighted by Crippen LogP contribution is -2.16. The molecule has 1 fully saturated rings. The van der Waals surface area contributed by atoms with Crippen LogP contribution < -0.4 is 4.74 Å². The van der Waals surface area contributed by atoms with Crippen molar-refractivity contribution in [2.45, 2.75) is 71.1 Å². The molecular weight excluding hydrogens is 385 g/mol. The summed E-state index contributed by atoms with van der Waals surface area (Å²) in [6.45, 7) is 3.71. The molecular formula is C21H33F2O4P. The first kappa shape index (κ1) is 23.3. The highest BCUT2D eigenvalue weighted by Crippen LogP contribution is 2.40. The lowest BCUT2D eigenvalue weighted by molar-refractivity contribution is 0.248. The summed E-state index contributed by atoms with van der Waals surface area (Å²) in [5, 5.41) is 0. The van der Waals surface area contributed by atoms with E-state index >= 15 is 0 Å². The highest BCUT2D eigenvalue weighted by atomic mass is 31.2. The smallest absolute Gasteiger partial charge is 0.325 e. The molecule has 2 N–H and O–H groups in total. The Labute approximate surface area is 166 Å². The first-order valence-electron chi connectivity index (χ1n) is 10.4. The second-order valence-electron chi connectivity index (χ2n) is 8.26. The van der Waals surface area contributed by atoms with Crippen LogP contribution in [0.15, 0.2) is 12.1 Å². The van der Waals surface area contributed by atoms with Gasteiger partial charge in [-0.15, -0.1) is 0 Å². The summed E-state index contributed by atoms with van der Waals surface area (Å²) in [4.78, 5) is 17.9. The molecule has 0 saturated heterocycles. The molecule has 1 atom stereocenters. The van der Waals surface area contributed by atoms with Crippen LogP contribution in [0.2, 0.25) is 0 Å². The zero-order valence-electron chi connectivity index (χ0n) is 16.9. The summed E-state index contributed by atoms with van der Waals surface area (Å²) < 4.78 is 45.3. The van der Waals surface area contributed by atoms with Crippen LogP contribution in [0.1, 0.15) is 76.7 Å². The number of hydrogen-bond donors (Lipinski definition) is 2. The Morgan fingerprint density at radius 2 is 1.82 bits per heavy atom. The minimum absolute atomic E-state index is 0.0413. The van der Waals surface area contributed by atoms with Gasteiger partial charge in [-0.05, 0) is 49.1 Å². The van der Waals surface area contributed by atoms with Gasteiger partial charge in [0.1, 0.15) is 0 Å². The SMILES string of the molecule is CCCCCC1CCC(c2ccc(OC[C@@H](C)CP(=O)(O)O)c(F)c2F)CC1. The Morgan fingerprint density at radius 3 is 2.43 bits per heavy atom. The number of ether oxygens (including phenoxy) is 1. The van der Waals surface area contributed by atoms with E-state index in [4.69, 9.17) is 14.5 Å². The predicted molar refractivity (Wildman–Crippen MR) is 107 cm³/mol. The van der Waals surface area contributed by atoms with Gasteiger partial charge in [0, 0.05) is 5.92 Å². The first-order valence-corrected chi connectivity index (χ1v) is 12.2. The van der Waals surface area contributed by atoms with E-state index in [2.05, 4.69) is 6.92 Å². The van der Waals surface area contributed by atoms with Gasteiger partial charge < -0.3 is 14.5 Å². The summed E-state index contributed by atoms with van der Waals surface area (Å²) in [6.07, 6.45) is 8.50. The van der Waals surface area contributed by atoms with Crippen molar-refractivity contribution in [1.29, 1.82) is 0 Å². The average molecular weight is 418 g/mol. The van der Waals surface area contributed by atoms with Crippen LogP contribution in [0.5, 0.6) is 5.75 Å². The Hall–Kier alpha value is -0.970. The van der Waals surface area contributed by atoms with Gasteiger partial charge in [-0.3, -0.25) is 4.57 Å². The van der Waals surface area contributed by atoms with Gasteiger partial charge in [0.2, 0.25) is 5.82 Å². The van der Waals surface area contributed by atoms with Gasteiger partial charge in [-0.25, -0.2) is 4.39 Å². The van der Waals surface area contributed by atoms with Gasteiger partial charge in [0.05, 0.1) is 12.8 Å². The molecule has 0 aliphatic heterocycles. The first-order chi connectivity index (χ1) is 13.2. The van der Waals surface area contributed by atoms with Gasteiger partial charge in [-0.2, -0.15) is 4.39 Å². The molecule has 1 aromatic carbocycles. The quantitative estimate of drug-likeness (QED) is 0.361. The maximum absolute atomic E-state index is 14.6. The highest BCUT2D eigenvalue weighted by Gasteiger charge is 2.27. The maximum Gasteiger partial charge on any atom is 0.325 e. The fourth-order valence-electron chi connectivity index (χ4n) is 4.11. The molecule has 28 heavy (non-hydrogen) atoms. The second kappa shape index (κ2) is 10.7. The van der Waals surface area contributed by atoms with Crippen molar-refractivity contribution in [3.05, 3.63) is 29.3 Å². The van der Waals surface area contributed by atoms with E-state index in [1.807, 2.05) is 0 Å². The lowest BCUT2D eigenvalue weighted by atomic mass is 9.77. The molecule has 160 valence electrons. The zero-order chi connectivity index (χ0) is 20.7. The number of unbranched alkanes of at least 4 members (excludes halogenated alkanes) is 2. The van der Waals surface area contributed by atoms with Crippen LogP contribution in [0.25, 0.3) is 0 Å². The summed E-state index contributed by atoms with van der Waals surface area (Å²) in [5.41, 5.74) is 0.417. The third kappa shape index (κ3) is 7.13. The minimum Gasteiger partial charge on any atom is -0.490 e. The standard InChI is InChI=1S/C21H33F2O4P/c1-3-4-5-6-16-7-9-17(10-8-16)18-11-12-19(21(23)20(18)22)27-13-15(2)14-28(24,25)26/h11-12,15-17H,3-10,13-14H2,1-2H3,(H2,24,25,26)/t15-,16?,17?/m1/s1. The molecule has 2 rings (SSSR count). The van der Waals surface area contributed by atoms with Gasteiger partial charge in [0.15, 0.2) is 11.6 Å². The molecule has 1 aromatic rings. The van der Waals surface area contributed by atoms with Crippen LogP contribution in [-0.4, -0.2) is 22.6 Å². The number of hydrogen-bond acceptors (Lipinski definition) is 2. The lowest BCUT2D eigenvalue weighted by Gasteiger charge is -2.29. The molecule has 0 amide bonds. The van der Waals surface area contributed by atoms with E-state index in [-0.39, 0.29) is 24.4 Å². The number of rotatable bonds is 10. The second-order valence-corrected chi connectivity index (χ2v) is 9.95. The molecule has 4 nitrogen and oxygen atoms in total. The van der Waals surface area contributed by atoms with Crippen LogP contribution in [0.4, 0.5) is 8.78 Å². The molecule has 0 aromatic heterocycles. The molecule has 7 heteroatoms. The third-order valence-corrected chi connectivity index (χ3v) is 6.75. The van der Waals surface area contributed by atoms with E-state index in [0.717, 1.165) is 25.7 Å². The Balaban J connectivity index is 1.92. The highest BCUT2D eigenvalue weighted by molar-refractivity contribution is 7.51. The third-order valence-electron chi connectivity index (χ3n) is 5.65. The van der Waals surface area contributed by atoms with Crippen molar-refractivity contribution < 1.29 is 27.9 Å². The molecule has 0 radical (unpaired) electrons. The molecule has 0 heterocycles. The van der Waals surface area contributed by atoms with Crippen molar-refractivity contribution in [2.24, 2.45) is 11.8 Å². The number of halogens is 2. The minimum atomic E-state index is -4.15. The molecule has 1 aliphatic carbocycles. The predicted octanol–water partition coefficient (Wildman–Crippen LogP) is 6.01. The monoisotopic (exact) mass is 418 g/mol. The van der Waals surface area contributed by atoms with Crippen molar-refractivity contribution in [3.8, 4) is 5.75 Å². The van der Waals surface area contributed by atoms with Crippen LogP contribution in [0.3, 0.4) is 0 Å². The Bertz CT molecular complexity index is 669. The molecule has 1 aliphatic rings. The van der Waals surface area contributed by atoms with Crippen molar-refractivity contribution >= 4 is 7.60 Å². The van der Waals surface area contributed by atoms with Crippen molar-refractivity contribution in [2.75, 3.05) is 12.8 Å². The van der Waals surface area contributed by atoms with Crippen LogP contribution >= 0.6 is 7.60 Å². The Morgan fingerprint density at radius 1 is 1.14 bits per heavy atom. The fourth-order valence-corrected chi connectivity index (χ4v) is 5.03. The van der Waals surface area contributed by atoms with E-state index in [1.165, 1.54) is 31.7 Å². The van der Waals surface area contributed by atoms with Crippen molar-refractivity contribution in [3.63, 3.8) is 0 Å². The molecule has 1 saturated carbocycles. The summed E-state index contributed by atoms with van der Waals surface area (Å²) in [5.74, 6) is -1.79. The topological polar surface area (TPSA) is 66.8 Å². The number of benzene rings is 1. The zero-order valence-corrected chi connectivity index (χ0v) is 17.8. The van der Waals surface area contributed by atoms with E-state index in [0.29, 0.717) is 11.5 Å². The van der Waals surface area contributed by atoms with Gasteiger partial charge >= 0.3 is 7.60 Å². The Kier molecular flexibility index (Phi) is 8.91. The summed E-state index contributed by atoms with van der Waals surface area (Å²) >= 11 is 0. The molecule has 0 bridgehead atoms. The van der Waals surface area contributed by atoms with Crippen molar-refractivity contribution in [1.82, 2.24) is 0 Å². The normalized spacial score (nSPS) is 21.5. The maximum atomic E-state index is 14.6. The van der Waals surface area contributed by atoms with Crippen LogP contribution in [-0.2, 0) is 4.57 Å². The van der Waals surface area contributed by atoms with E-state index in [1.54, 1.807) is 13.0 Å². The summed E-state index contributed by atoms with van der Waals surface area (Å²) in [7, 11) is -4.15. The van der Waals surface area contributed by atoms with Gasteiger partial charge in [-0.1, -0.05) is 45.6 Å². The fraction of sp³-hybridized carbons (Fsp3) is 0.714. The molecule has 0 spiro atoms. The average Bonchev–Trinajstić information content (AvgIpc) is 2.62. The summed E-state index contributed by atoms with van der Waals surface area (Å²) in [6, 6.07) is 3.04. The van der Waals surface area contributed by atoms with E-state index in [9.17, 15) is 13.3 Å². The van der Waals surface area contributed by atoms with Crippen LogP contribution in [0, 0.1) is 23.5 Å². The molecule has 0 unspecified atom stereocenters. The van der Waals surface area contributed by atoms with Gasteiger partial charge in [0.25, 0.3) is 0 Å². The largest absolute Gasteiger partial charge is 0.490 e.